The summed E-state index contributed by atoms with van der Waals surface area (Å²) in [6.07, 6.45) is 3.32. The van der Waals surface area contributed by atoms with Gasteiger partial charge in [-0.3, -0.25) is 14.9 Å². The summed E-state index contributed by atoms with van der Waals surface area (Å²) in [5, 5.41) is 1.70. The maximum Gasteiger partial charge on any atom is 0.286 e. The van der Waals surface area contributed by atoms with Gasteiger partial charge in [0, 0.05) is 5.56 Å². The van der Waals surface area contributed by atoms with Crippen molar-refractivity contribution in [2.45, 2.75) is 51.7 Å². The molecule has 1 fully saturated rings. The molecule has 32 heavy (non-hydrogen) atoms. The van der Waals surface area contributed by atoms with E-state index in [2.05, 4.69) is 26.1 Å². The SMILES string of the molecule is COc1c(C)c(C)c(OC)c(CCCCOc2ccc(CC3SC(=O)NC3=O)cc2)c1C. The highest BCUT2D eigenvalue weighted by Crippen LogP contribution is 2.38. The van der Waals surface area contributed by atoms with Crippen molar-refractivity contribution in [2.24, 2.45) is 0 Å². The van der Waals surface area contributed by atoms with Gasteiger partial charge < -0.3 is 14.2 Å². The van der Waals surface area contributed by atoms with Crippen LogP contribution in [0.1, 0.15) is 40.7 Å². The Bertz CT molecular complexity index is 987. The molecule has 2 aromatic carbocycles. The van der Waals surface area contributed by atoms with Crippen LogP contribution in [-0.4, -0.2) is 37.2 Å². The molecule has 1 aliphatic heterocycles. The number of carbonyl (C=O) groups excluding carboxylic acids is 2. The first-order valence-electron chi connectivity index (χ1n) is 10.8. The third-order valence-corrected chi connectivity index (χ3v) is 6.90. The van der Waals surface area contributed by atoms with E-state index in [4.69, 9.17) is 14.2 Å². The number of rotatable bonds is 10. The Morgan fingerprint density at radius 2 is 1.56 bits per heavy atom. The highest BCUT2D eigenvalue weighted by atomic mass is 32.2. The van der Waals surface area contributed by atoms with Crippen LogP contribution in [0, 0.1) is 20.8 Å². The third kappa shape index (κ3) is 5.38. The van der Waals surface area contributed by atoms with Crippen LogP contribution in [0.4, 0.5) is 4.79 Å². The quantitative estimate of drug-likeness (QED) is 0.510. The van der Waals surface area contributed by atoms with Crippen molar-refractivity contribution in [1.29, 1.82) is 0 Å². The summed E-state index contributed by atoms with van der Waals surface area (Å²) in [5.41, 5.74) is 5.59. The van der Waals surface area contributed by atoms with Gasteiger partial charge in [-0.15, -0.1) is 0 Å². The number of imide groups is 1. The molecule has 0 aromatic heterocycles. The normalized spacial score (nSPS) is 15.6. The molecule has 1 atom stereocenters. The molecule has 6 nitrogen and oxygen atoms in total. The minimum Gasteiger partial charge on any atom is -0.496 e. The van der Waals surface area contributed by atoms with Gasteiger partial charge in [0.1, 0.15) is 17.2 Å². The fourth-order valence-electron chi connectivity index (χ4n) is 4.10. The smallest absolute Gasteiger partial charge is 0.286 e. The highest BCUT2D eigenvalue weighted by Gasteiger charge is 2.31. The van der Waals surface area contributed by atoms with E-state index in [0.29, 0.717) is 13.0 Å². The number of nitrogens with one attached hydrogen (secondary N) is 1. The van der Waals surface area contributed by atoms with Gasteiger partial charge in [-0.05, 0) is 80.8 Å². The molecule has 1 heterocycles. The minimum absolute atomic E-state index is 0.214. The van der Waals surface area contributed by atoms with Crippen LogP contribution in [-0.2, 0) is 17.6 Å². The molecule has 0 aliphatic carbocycles. The second kappa shape index (κ2) is 10.8. The number of amides is 2. The van der Waals surface area contributed by atoms with E-state index in [-0.39, 0.29) is 16.4 Å². The summed E-state index contributed by atoms with van der Waals surface area (Å²) >= 11 is 1.05. The van der Waals surface area contributed by atoms with Crippen LogP contribution < -0.4 is 19.5 Å². The number of hydrogen-bond donors (Lipinski definition) is 1. The molecule has 2 aromatic rings. The van der Waals surface area contributed by atoms with Crippen molar-refractivity contribution in [2.75, 3.05) is 20.8 Å². The standard InChI is InChI=1S/C25H31NO5S/c1-15-16(2)23(30-5)20(17(3)22(15)29-4)8-6-7-13-31-19-11-9-18(10-12-19)14-21-24(27)26-25(28)32-21/h9-12,21H,6-8,13-14H2,1-5H3,(H,26,27,28). The molecule has 0 spiro atoms. The van der Waals surface area contributed by atoms with Crippen molar-refractivity contribution in [3.8, 4) is 17.2 Å². The molecule has 1 unspecified atom stereocenters. The second-order valence-corrected chi connectivity index (χ2v) is 9.13. The van der Waals surface area contributed by atoms with Gasteiger partial charge in [-0.1, -0.05) is 23.9 Å². The largest absolute Gasteiger partial charge is 0.496 e. The van der Waals surface area contributed by atoms with E-state index in [1.165, 1.54) is 5.56 Å². The molecule has 1 saturated heterocycles. The van der Waals surface area contributed by atoms with Crippen molar-refractivity contribution in [3.63, 3.8) is 0 Å². The lowest BCUT2D eigenvalue weighted by Crippen LogP contribution is -2.25. The first-order valence-corrected chi connectivity index (χ1v) is 11.7. The Morgan fingerprint density at radius 3 is 2.16 bits per heavy atom. The molecular formula is C25H31NO5S. The number of benzene rings is 2. The van der Waals surface area contributed by atoms with Gasteiger partial charge in [-0.2, -0.15) is 0 Å². The second-order valence-electron chi connectivity index (χ2n) is 7.96. The van der Waals surface area contributed by atoms with Crippen LogP contribution in [0.2, 0.25) is 0 Å². The predicted molar refractivity (Wildman–Crippen MR) is 127 cm³/mol. The van der Waals surface area contributed by atoms with Gasteiger partial charge in [0.25, 0.3) is 5.24 Å². The molecule has 0 bridgehead atoms. The Morgan fingerprint density at radius 1 is 0.906 bits per heavy atom. The lowest BCUT2D eigenvalue weighted by molar-refractivity contribution is -0.118. The van der Waals surface area contributed by atoms with Crippen LogP contribution in [0.3, 0.4) is 0 Å². The Balaban J connectivity index is 1.49. The van der Waals surface area contributed by atoms with Crippen molar-refractivity contribution in [1.82, 2.24) is 5.32 Å². The van der Waals surface area contributed by atoms with E-state index in [0.717, 1.165) is 70.5 Å². The van der Waals surface area contributed by atoms with E-state index in [9.17, 15) is 9.59 Å². The van der Waals surface area contributed by atoms with E-state index in [1.54, 1.807) is 14.2 Å². The maximum atomic E-state index is 11.7. The molecule has 172 valence electrons. The predicted octanol–water partition coefficient (Wildman–Crippen LogP) is 4.92. The van der Waals surface area contributed by atoms with Crippen molar-refractivity contribution in [3.05, 3.63) is 52.1 Å². The monoisotopic (exact) mass is 457 g/mol. The zero-order valence-electron chi connectivity index (χ0n) is 19.4. The average molecular weight is 458 g/mol. The number of hydrogen-bond acceptors (Lipinski definition) is 6. The van der Waals surface area contributed by atoms with Gasteiger partial charge in [0.05, 0.1) is 26.1 Å². The van der Waals surface area contributed by atoms with E-state index in [1.807, 2.05) is 24.3 Å². The van der Waals surface area contributed by atoms with Crippen LogP contribution in [0.5, 0.6) is 17.2 Å². The number of carbonyl (C=O) groups is 2. The topological polar surface area (TPSA) is 73.9 Å². The van der Waals surface area contributed by atoms with Gasteiger partial charge in [0.2, 0.25) is 5.91 Å². The number of unbranched alkanes of at least 4 members (excludes halogenated alkanes) is 1. The maximum absolute atomic E-state index is 11.7. The van der Waals surface area contributed by atoms with E-state index >= 15 is 0 Å². The van der Waals surface area contributed by atoms with Gasteiger partial charge >= 0.3 is 0 Å². The fraction of sp³-hybridized carbons (Fsp3) is 0.440. The zero-order valence-corrected chi connectivity index (χ0v) is 20.2. The molecule has 7 heteroatoms. The molecule has 1 N–H and O–H groups in total. The van der Waals surface area contributed by atoms with E-state index < -0.39 is 0 Å². The third-order valence-electron chi connectivity index (χ3n) is 5.92. The summed E-state index contributed by atoms with van der Waals surface area (Å²) in [7, 11) is 3.44. The molecule has 1 aliphatic rings. The summed E-state index contributed by atoms with van der Waals surface area (Å²) in [4.78, 5) is 23.0. The Hall–Kier alpha value is -2.67. The molecule has 0 saturated carbocycles. The summed E-state index contributed by atoms with van der Waals surface area (Å²) in [6, 6.07) is 7.72. The number of methoxy groups -OCH3 is 2. The zero-order chi connectivity index (χ0) is 23.3. The fourth-order valence-corrected chi connectivity index (χ4v) is 4.96. The summed E-state index contributed by atoms with van der Waals surface area (Å²) in [5.74, 6) is 2.48. The van der Waals surface area contributed by atoms with Crippen molar-refractivity contribution >= 4 is 22.9 Å². The Kier molecular flexibility index (Phi) is 8.07. The first-order chi connectivity index (χ1) is 15.3. The van der Waals surface area contributed by atoms with Gasteiger partial charge in [-0.25, -0.2) is 0 Å². The lowest BCUT2D eigenvalue weighted by atomic mass is 9.94. The first kappa shape index (κ1) is 24.0. The number of ether oxygens (including phenoxy) is 3. The molecule has 2 amide bonds. The average Bonchev–Trinajstić information content (AvgIpc) is 3.09. The lowest BCUT2D eigenvalue weighted by Gasteiger charge is -2.20. The highest BCUT2D eigenvalue weighted by molar-refractivity contribution is 8.15. The van der Waals surface area contributed by atoms with Crippen LogP contribution in [0.25, 0.3) is 0 Å². The molecule has 3 rings (SSSR count). The van der Waals surface area contributed by atoms with Gasteiger partial charge in [0.15, 0.2) is 0 Å². The Labute approximate surface area is 194 Å². The number of thioether (sulfide) groups is 1. The summed E-state index contributed by atoms with van der Waals surface area (Å²) in [6.45, 7) is 6.85. The summed E-state index contributed by atoms with van der Waals surface area (Å²) < 4.78 is 17.2. The van der Waals surface area contributed by atoms with Crippen LogP contribution in [0.15, 0.2) is 24.3 Å². The molecule has 0 radical (unpaired) electrons. The van der Waals surface area contributed by atoms with Crippen molar-refractivity contribution < 1.29 is 23.8 Å². The molecular weight excluding hydrogens is 426 g/mol. The minimum atomic E-state index is -0.348. The van der Waals surface area contributed by atoms with Crippen LogP contribution >= 0.6 is 11.8 Å².